The average molecular weight is 697 g/mol. The van der Waals surface area contributed by atoms with Crippen molar-refractivity contribution >= 4 is 50.3 Å². The van der Waals surface area contributed by atoms with Crippen molar-refractivity contribution in [3.8, 4) is 28.1 Å². The van der Waals surface area contributed by atoms with Crippen LogP contribution in [0.15, 0.2) is 54.6 Å². The lowest BCUT2D eigenvalue weighted by atomic mass is 10.1. The molecule has 1 atom stereocenters. The minimum absolute atomic E-state index is 0.0258. The first kappa shape index (κ1) is 33.0. The van der Waals surface area contributed by atoms with E-state index in [-0.39, 0.29) is 22.0 Å². The second-order valence-electron chi connectivity index (χ2n) is 10.3. The van der Waals surface area contributed by atoms with E-state index in [2.05, 4.69) is 22.4 Å². The Kier molecular flexibility index (Phi) is 9.65. The van der Waals surface area contributed by atoms with Crippen LogP contribution < -0.4 is 11.2 Å². The molecule has 1 fully saturated rings. The molecule has 1 aliphatic rings. The zero-order valence-corrected chi connectivity index (χ0v) is 26.8. The molecule has 0 aliphatic carbocycles. The van der Waals surface area contributed by atoms with Crippen LogP contribution in [0.5, 0.6) is 0 Å². The third kappa shape index (κ3) is 7.54. The number of rotatable bonds is 6. The lowest BCUT2D eigenvalue weighted by Crippen LogP contribution is -2.45. The van der Waals surface area contributed by atoms with Gasteiger partial charge in [-0.05, 0) is 67.4 Å². The van der Waals surface area contributed by atoms with E-state index in [0.29, 0.717) is 39.1 Å². The van der Waals surface area contributed by atoms with Crippen LogP contribution in [0.1, 0.15) is 56.7 Å². The summed E-state index contributed by atoms with van der Waals surface area (Å²) >= 11 is 13.9. The number of piperidine rings is 1. The fourth-order valence-corrected chi connectivity index (χ4v) is 6.80. The first-order chi connectivity index (χ1) is 21.2. The molecule has 0 spiro atoms. The number of hydrogen-bond acceptors (Lipinski definition) is 7. The lowest BCUT2D eigenvalue weighted by molar-refractivity contribution is -0.137. The molecule has 0 bridgehead atoms. The van der Waals surface area contributed by atoms with Gasteiger partial charge in [-0.15, -0.1) is 11.3 Å². The minimum Gasteiger partial charge on any atom is -0.311 e. The van der Waals surface area contributed by atoms with Crippen molar-refractivity contribution in [2.24, 2.45) is 5.73 Å². The van der Waals surface area contributed by atoms with Gasteiger partial charge in [0.2, 0.25) is 0 Å². The van der Waals surface area contributed by atoms with E-state index in [0.717, 1.165) is 49.0 Å². The topological polar surface area (TPSA) is 110 Å². The van der Waals surface area contributed by atoms with E-state index < -0.39 is 32.9 Å². The zero-order chi connectivity index (χ0) is 32.5. The first-order valence-electron chi connectivity index (χ1n) is 13.6. The van der Waals surface area contributed by atoms with Crippen molar-refractivity contribution in [3.05, 3.63) is 91.9 Å². The van der Waals surface area contributed by atoms with Crippen LogP contribution in [-0.4, -0.2) is 48.5 Å². The highest BCUT2D eigenvalue weighted by molar-refractivity contribution is 7.90. The number of amides is 1. The molecule has 1 unspecified atom stereocenters. The van der Waals surface area contributed by atoms with Gasteiger partial charge >= 0.3 is 6.18 Å². The highest BCUT2D eigenvalue weighted by Gasteiger charge is 2.35. The van der Waals surface area contributed by atoms with Crippen LogP contribution in [0.25, 0.3) is 16.3 Å². The van der Waals surface area contributed by atoms with Crippen molar-refractivity contribution in [1.29, 1.82) is 0 Å². The monoisotopic (exact) mass is 695 g/mol. The van der Waals surface area contributed by atoms with E-state index in [1.807, 2.05) is 0 Å². The number of nitrogens with one attached hydrogen (secondary N) is 1. The van der Waals surface area contributed by atoms with E-state index in [4.69, 9.17) is 28.9 Å². The maximum Gasteiger partial charge on any atom is 0.416 e. The van der Waals surface area contributed by atoms with Crippen LogP contribution in [0.4, 0.5) is 13.2 Å². The van der Waals surface area contributed by atoms with Gasteiger partial charge in [-0.25, -0.2) is 18.1 Å². The van der Waals surface area contributed by atoms with Gasteiger partial charge in [-0.2, -0.15) is 18.3 Å². The SMILES string of the molecule is CS(=O)(=O)C(N)c1c(C(=O)NN2CCCCC2)nn(-c2ccc(Cl)cc2Cl)c1-c1ccc(C#Cc2ccc(C(F)(F)F)cc2)s1. The molecule has 1 saturated heterocycles. The number of nitrogens with zero attached hydrogens (tertiary/aromatic N) is 3. The first-order valence-corrected chi connectivity index (χ1v) is 17.1. The standard InChI is InChI=1S/C30H26Cl2F3N5O3S2/c1-45(42,43)28(36)25-26(29(41)38-39-15-3-2-4-16-39)37-40(23-13-10-20(31)17-22(23)32)27(25)24-14-12-21(44-24)11-7-18-5-8-19(9-6-18)30(33,34)35/h5-6,8-10,12-14,17,28H,2-4,15-16,36H2,1H3,(H,38,41). The normalized spacial score (nSPS) is 14.9. The number of nitrogens with two attached hydrogens (primary N) is 1. The molecule has 236 valence electrons. The number of aromatic nitrogens is 2. The summed E-state index contributed by atoms with van der Waals surface area (Å²) in [7, 11) is -3.94. The number of sulfone groups is 1. The molecule has 3 N–H and O–H groups in total. The fraction of sp³-hybridized carbons (Fsp3) is 0.267. The Morgan fingerprint density at radius 3 is 2.36 bits per heavy atom. The van der Waals surface area contributed by atoms with Crippen molar-refractivity contribution < 1.29 is 26.4 Å². The maximum absolute atomic E-state index is 13.7. The van der Waals surface area contributed by atoms with E-state index in [9.17, 15) is 26.4 Å². The number of thiophene rings is 1. The molecule has 4 aromatic rings. The van der Waals surface area contributed by atoms with Gasteiger partial charge in [-0.3, -0.25) is 10.2 Å². The lowest BCUT2D eigenvalue weighted by Gasteiger charge is -2.26. The number of benzene rings is 2. The molecule has 0 saturated carbocycles. The third-order valence-corrected chi connectivity index (χ3v) is 9.72. The van der Waals surface area contributed by atoms with Gasteiger partial charge in [0.05, 0.1) is 31.7 Å². The highest BCUT2D eigenvalue weighted by atomic mass is 35.5. The Morgan fingerprint density at radius 2 is 1.73 bits per heavy atom. The van der Waals surface area contributed by atoms with Gasteiger partial charge in [0.25, 0.3) is 5.91 Å². The molecule has 2 aromatic heterocycles. The molecule has 2 aromatic carbocycles. The van der Waals surface area contributed by atoms with E-state index in [1.54, 1.807) is 29.3 Å². The summed E-state index contributed by atoms with van der Waals surface area (Å²) in [6.07, 6.45) is -0.676. The Hall–Kier alpha value is -3.38. The Morgan fingerprint density at radius 1 is 1.04 bits per heavy atom. The second-order valence-corrected chi connectivity index (χ2v) is 14.4. The quantitative estimate of drug-likeness (QED) is 0.224. The maximum atomic E-state index is 13.7. The van der Waals surface area contributed by atoms with Crippen molar-refractivity contribution in [2.45, 2.75) is 30.8 Å². The number of carbonyl (C=O) groups excluding carboxylic acids is 1. The summed E-state index contributed by atoms with van der Waals surface area (Å²) in [6.45, 7) is 1.25. The highest BCUT2D eigenvalue weighted by Crippen LogP contribution is 2.39. The zero-order valence-electron chi connectivity index (χ0n) is 23.7. The summed E-state index contributed by atoms with van der Waals surface area (Å²) in [6, 6.07) is 12.4. The Balaban J connectivity index is 1.64. The minimum atomic E-state index is -4.46. The second kappa shape index (κ2) is 13.2. The average Bonchev–Trinajstić information content (AvgIpc) is 3.60. The Labute approximate surface area is 271 Å². The number of halogens is 5. The molecule has 45 heavy (non-hydrogen) atoms. The van der Waals surface area contributed by atoms with Crippen LogP contribution in [0, 0.1) is 11.8 Å². The van der Waals surface area contributed by atoms with Crippen molar-refractivity contribution in [2.75, 3.05) is 19.3 Å². The summed E-state index contributed by atoms with van der Waals surface area (Å²) in [5, 5.41) is 5.24. The molecule has 5 rings (SSSR count). The molecule has 3 heterocycles. The molecule has 0 radical (unpaired) electrons. The summed E-state index contributed by atoms with van der Waals surface area (Å²) in [5.41, 5.74) is 9.07. The third-order valence-electron chi connectivity index (χ3n) is 7.02. The number of hydrogen-bond donors (Lipinski definition) is 2. The molecule has 8 nitrogen and oxygen atoms in total. The molecule has 1 amide bonds. The molecule has 1 aliphatic heterocycles. The predicted molar refractivity (Wildman–Crippen MR) is 169 cm³/mol. The summed E-state index contributed by atoms with van der Waals surface area (Å²) in [4.78, 5) is 14.6. The largest absolute Gasteiger partial charge is 0.416 e. The van der Waals surface area contributed by atoms with E-state index in [1.165, 1.54) is 22.9 Å². The van der Waals surface area contributed by atoms with Crippen LogP contribution >= 0.6 is 34.5 Å². The van der Waals surface area contributed by atoms with Crippen molar-refractivity contribution in [1.82, 2.24) is 20.2 Å². The summed E-state index contributed by atoms with van der Waals surface area (Å²) < 4.78 is 65.9. The smallest absolute Gasteiger partial charge is 0.311 e. The molecular weight excluding hydrogens is 670 g/mol. The van der Waals surface area contributed by atoms with Gasteiger partial charge in [-0.1, -0.05) is 41.5 Å². The predicted octanol–water partition coefficient (Wildman–Crippen LogP) is 6.46. The number of hydrazine groups is 1. The van der Waals surface area contributed by atoms with Crippen LogP contribution in [0.2, 0.25) is 10.0 Å². The van der Waals surface area contributed by atoms with Gasteiger partial charge in [0.1, 0.15) is 5.37 Å². The van der Waals surface area contributed by atoms with Gasteiger partial charge < -0.3 is 5.73 Å². The number of alkyl halides is 3. The number of carbonyl (C=O) groups is 1. The summed E-state index contributed by atoms with van der Waals surface area (Å²) in [5.74, 6) is 5.14. The van der Waals surface area contributed by atoms with Gasteiger partial charge in [0.15, 0.2) is 15.5 Å². The Bertz CT molecular complexity index is 1910. The van der Waals surface area contributed by atoms with Crippen LogP contribution in [0.3, 0.4) is 0 Å². The fourth-order valence-electron chi connectivity index (χ4n) is 4.76. The van der Waals surface area contributed by atoms with E-state index >= 15 is 0 Å². The molecule has 15 heteroatoms. The van der Waals surface area contributed by atoms with Crippen molar-refractivity contribution in [3.63, 3.8) is 0 Å². The van der Waals surface area contributed by atoms with Gasteiger partial charge in [0, 0.05) is 35.5 Å². The van der Waals surface area contributed by atoms with Crippen LogP contribution in [-0.2, 0) is 16.0 Å². The molecular formula is C30H26Cl2F3N5O3S2.